The molecule has 2 N–H and O–H groups in total. The number of aryl methyl sites for hydroxylation is 1. The average Bonchev–Trinajstić information content (AvgIpc) is 3.15. The maximum Gasteiger partial charge on any atom is 0.306 e. The smallest absolute Gasteiger partial charge is 0.306 e. The van der Waals surface area contributed by atoms with Crippen LogP contribution in [-0.4, -0.2) is 32.6 Å². The third-order valence-electron chi connectivity index (χ3n) is 4.18. The molecule has 23 heavy (non-hydrogen) atoms. The molecule has 0 aromatic carbocycles. The van der Waals surface area contributed by atoms with Gasteiger partial charge in [-0.05, 0) is 30.7 Å². The molecule has 1 saturated carbocycles. The molecule has 2 aromatic heterocycles. The molecule has 122 valence electrons. The molecule has 0 spiro atoms. The summed E-state index contributed by atoms with van der Waals surface area (Å²) >= 11 is 1.41. The van der Waals surface area contributed by atoms with E-state index in [0.717, 1.165) is 0 Å². The summed E-state index contributed by atoms with van der Waals surface area (Å²) in [5, 5.41) is 14.2. The number of carbonyl (C=O) groups excluding carboxylic acids is 1. The van der Waals surface area contributed by atoms with Crippen LogP contribution in [0.25, 0.3) is 10.2 Å². The Kier molecular flexibility index (Phi) is 4.42. The number of nitrogens with zero attached hydrogens (tertiary/aromatic N) is 2. The van der Waals surface area contributed by atoms with Gasteiger partial charge in [-0.3, -0.25) is 19.0 Å². The summed E-state index contributed by atoms with van der Waals surface area (Å²) in [6.45, 7) is 0.262. The van der Waals surface area contributed by atoms with Crippen LogP contribution in [0.1, 0.15) is 25.7 Å². The van der Waals surface area contributed by atoms with Gasteiger partial charge in [0, 0.05) is 19.0 Å². The molecule has 1 aliphatic rings. The fourth-order valence-electron chi connectivity index (χ4n) is 2.91. The van der Waals surface area contributed by atoms with Gasteiger partial charge in [0.05, 0.1) is 17.6 Å². The second kappa shape index (κ2) is 6.49. The van der Waals surface area contributed by atoms with Gasteiger partial charge in [-0.1, -0.05) is 0 Å². The number of hydrogen-bond acceptors (Lipinski definition) is 5. The van der Waals surface area contributed by atoms with Gasteiger partial charge in [0.1, 0.15) is 4.83 Å². The summed E-state index contributed by atoms with van der Waals surface area (Å²) in [6, 6.07) is 1.65. The molecule has 2 atom stereocenters. The number of carbonyl (C=O) groups is 2. The second-order valence-electron chi connectivity index (χ2n) is 5.75. The molecule has 0 aliphatic heterocycles. The normalized spacial score (nSPS) is 20.7. The summed E-state index contributed by atoms with van der Waals surface area (Å²) in [6.07, 6.45) is 3.39. The minimum atomic E-state index is -0.802. The number of carboxylic acids is 1. The Morgan fingerprint density at radius 1 is 1.43 bits per heavy atom. The second-order valence-corrected chi connectivity index (χ2v) is 6.64. The number of thiophene rings is 1. The predicted molar refractivity (Wildman–Crippen MR) is 85.4 cm³/mol. The van der Waals surface area contributed by atoms with Gasteiger partial charge in [0.15, 0.2) is 0 Å². The van der Waals surface area contributed by atoms with Gasteiger partial charge < -0.3 is 10.4 Å². The number of amides is 1. The van der Waals surface area contributed by atoms with E-state index in [2.05, 4.69) is 10.3 Å². The van der Waals surface area contributed by atoms with E-state index in [1.165, 1.54) is 22.2 Å². The standard InChI is InChI=1S/C15H17N3O4S/c19-12(17-10-2-1-9(7-10)15(21)22)3-5-18-8-16-13-11(14(18)20)4-6-23-13/h4,6,8-10H,1-3,5,7H2,(H,17,19)(H,21,22)/t9-,10+/m0/s1. The van der Waals surface area contributed by atoms with Crippen molar-refractivity contribution in [2.75, 3.05) is 0 Å². The lowest BCUT2D eigenvalue weighted by Gasteiger charge is -2.12. The fourth-order valence-corrected chi connectivity index (χ4v) is 3.63. The number of aromatic nitrogens is 2. The summed E-state index contributed by atoms with van der Waals surface area (Å²) in [5.41, 5.74) is -0.143. The zero-order chi connectivity index (χ0) is 16.4. The number of aliphatic carboxylic acids is 1. The lowest BCUT2D eigenvalue weighted by molar-refractivity contribution is -0.141. The maximum atomic E-state index is 12.2. The third kappa shape index (κ3) is 3.42. The van der Waals surface area contributed by atoms with Gasteiger partial charge in [0.2, 0.25) is 5.91 Å². The van der Waals surface area contributed by atoms with Crippen LogP contribution in [0.2, 0.25) is 0 Å². The van der Waals surface area contributed by atoms with E-state index >= 15 is 0 Å². The van der Waals surface area contributed by atoms with Crippen LogP contribution in [0.5, 0.6) is 0 Å². The van der Waals surface area contributed by atoms with Crippen molar-refractivity contribution in [2.24, 2.45) is 5.92 Å². The first-order valence-corrected chi connectivity index (χ1v) is 8.37. The summed E-state index contributed by atoms with van der Waals surface area (Å²) in [7, 11) is 0. The highest BCUT2D eigenvalue weighted by Crippen LogP contribution is 2.25. The molecular formula is C15H17N3O4S. The Labute approximate surface area is 136 Å². The lowest BCUT2D eigenvalue weighted by Crippen LogP contribution is -2.34. The van der Waals surface area contributed by atoms with Crippen LogP contribution in [-0.2, 0) is 16.1 Å². The number of fused-ring (bicyclic) bond motifs is 1. The van der Waals surface area contributed by atoms with E-state index in [9.17, 15) is 14.4 Å². The quantitative estimate of drug-likeness (QED) is 0.855. The van der Waals surface area contributed by atoms with E-state index in [1.54, 1.807) is 6.07 Å². The van der Waals surface area contributed by atoms with Crippen molar-refractivity contribution in [3.63, 3.8) is 0 Å². The van der Waals surface area contributed by atoms with Crippen molar-refractivity contribution in [2.45, 2.75) is 38.3 Å². The van der Waals surface area contributed by atoms with E-state index in [1.807, 2.05) is 5.38 Å². The number of rotatable bonds is 5. The van der Waals surface area contributed by atoms with Crippen molar-refractivity contribution >= 4 is 33.4 Å². The number of hydrogen-bond donors (Lipinski definition) is 2. The Balaban J connectivity index is 1.55. The first-order valence-electron chi connectivity index (χ1n) is 7.49. The first-order chi connectivity index (χ1) is 11.0. The molecule has 0 saturated heterocycles. The summed E-state index contributed by atoms with van der Waals surface area (Å²) in [5.74, 6) is -1.34. The highest BCUT2D eigenvalue weighted by molar-refractivity contribution is 7.16. The zero-order valence-corrected chi connectivity index (χ0v) is 13.2. The molecule has 2 aromatic rings. The van der Waals surface area contributed by atoms with Crippen LogP contribution in [0.4, 0.5) is 0 Å². The number of carboxylic acid groups (broad SMARTS) is 1. The van der Waals surface area contributed by atoms with Crippen LogP contribution in [0.3, 0.4) is 0 Å². The molecule has 1 fully saturated rings. The molecule has 0 unspecified atom stereocenters. The molecule has 2 heterocycles. The Morgan fingerprint density at radius 2 is 2.26 bits per heavy atom. The molecule has 1 amide bonds. The molecular weight excluding hydrogens is 318 g/mol. The van der Waals surface area contributed by atoms with Crippen LogP contribution in [0.15, 0.2) is 22.6 Å². The third-order valence-corrected chi connectivity index (χ3v) is 5.00. The highest BCUT2D eigenvalue weighted by Gasteiger charge is 2.30. The van der Waals surface area contributed by atoms with Crippen LogP contribution >= 0.6 is 11.3 Å². The molecule has 8 heteroatoms. The van der Waals surface area contributed by atoms with Gasteiger partial charge in [-0.2, -0.15) is 0 Å². The SMILES string of the molecule is O=C(CCn1cnc2sccc2c1=O)N[C@@H]1CC[C@H](C(=O)O)C1. The van der Waals surface area contributed by atoms with Crippen molar-refractivity contribution in [3.8, 4) is 0 Å². The highest BCUT2D eigenvalue weighted by atomic mass is 32.1. The Morgan fingerprint density at radius 3 is 3.00 bits per heavy atom. The van der Waals surface area contributed by atoms with Gasteiger partial charge in [-0.25, -0.2) is 4.98 Å². The van der Waals surface area contributed by atoms with Crippen molar-refractivity contribution in [1.82, 2.24) is 14.9 Å². The Bertz CT molecular complexity index is 797. The maximum absolute atomic E-state index is 12.2. The Hall–Kier alpha value is -2.22. The summed E-state index contributed by atoms with van der Waals surface area (Å²) in [4.78, 5) is 40.0. The minimum absolute atomic E-state index is 0.0854. The zero-order valence-electron chi connectivity index (χ0n) is 12.4. The van der Waals surface area contributed by atoms with E-state index in [4.69, 9.17) is 5.11 Å². The molecule has 1 aliphatic carbocycles. The van der Waals surface area contributed by atoms with Crippen LogP contribution < -0.4 is 10.9 Å². The molecule has 0 bridgehead atoms. The molecule has 7 nitrogen and oxygen atoms in total. The summed E-state index contributed by atoms with van der Waals surface area (Å²) < 4.78 is 1.43. The lowest BCUT2D eigenvalue weighted by atomic mass is 10.1. The van der Waals surface area contributed by atoms with Gasteiger partial charge in [0.25, 0.3) is 5.56 Å². The topological polar surface area (TPSA) is 101 Å². The van der Waals surface area contributed by atoms with E-state index in [0.29, 0.717) is 29.5 Å². The molecule has 0 radical (unpaired) electrons. The van der Waals surface area contributed by atoms with Crippen molar-refractivity contribution in [3.05, 3.63) is 28.1 Å². The predicted octanol–water partition coefficient (Wildman–Crippen LogP) is 1.22. The van der Waals surface area contributed by atoms with E-state index < -0.39 is 5.97 Å². The average molecular weight is 335 g/mol. The monoisotopic (exact) mass is 335 g/mol. The minimum Gasteiger partial charge on any atom is -0.481 e. The fraction of sp³-hybridized carbons (Fsp3) is 0.467. The van der Waals surface area contributed by atoms with Crippen molar-refractivity contribution in [1.29, 1.82) is 0 Å². The van der Waals surface area contributed by atoms with Gasteiger partial charge >= 0.3 is 5.97 Å². The molecule has 3 rings (SSSR count). The van der Waals surface area contributed by atoms with Crippen LogP contribution in [0, 0.1) is 5.92 Å². The van der Waals surface area contributed by atoms with Gasteiger partial charge in [-0.15, -0.1) is 11.3 Å². The number of nitrogens with one attached hydrogen (secondary N) is 1. The first kappa shape index (κ1) is 15.7. The van der Waals surface area contributed by atoms with Crippen molar-refractivity contribution < 1.29 is 14.7 Å². The largest absolute Gasteiger partial charge is 0.481 e. The van der Waals surface area contributed by atoms with E-state index in [-0.39, 0.29) is 36.4 Å².